The number of pyridine rings is 1. The number of ether oxygens (including phenoxy) is 1. The average Bonchev–Trinajstić information content (AvgIpc) is 2.28. The van der Waals surface area contributed by atoms with Crippen molar-refractivity contribution in [1.82, 2.24) is 4.98 Å². The van der Waals surface area contributed by atoms with Gasteiger partial charge < -0.3 is 4.74 Å². The Morgan fingerprint density at radius 3 is 3.13 bits per heavy atom. The van der Waals surface area contributed by atoms with Crippen LogP contribution in [0.3, 0.4) is 0 Å². The predicted octanol–water partition coefficient (Wildman–Crippen LogP) is 3.40. The highest BCUT2D eigenvalue weighted by Gasteiger charge is 2.17. The molecule has 0 atom stereocenters. The van der Waals surface area contributed by atoms with Crippen molar-refractivity contribution in [3.05, 3.63) is 46.6 Å². The Hall–Kier alpha value is -1.35. The molecule has 0 spiro atoms. The van der Waals surface area contributed by atoms with Crippen molar-refractivity contribution in [2.45, 2.75) is 6.61 Å². The molecule has 0 radical (unpaired) electrons. The first kappa shape index (κ1) is 8.92. The van der Waals surface area contributed by atoms with Crippen molar-refractivity contribution in [2.75, 3.05) is 0 Å². The summed E-state index contributed by atoms with van der Waals surface area (Å²) in [6.45, 7) is 0.604. The third-order valence-corrected chi connectivity index (χ3v) is 2.97. The lowest BCUT2D eigenvalue weighted by molar-refractivity contribution is 0.301. The van der Waals surface area contributed by atoms with Gasteiger partial charge >= 0.3 is 0 Å². The van der Waals surface area contributed by atoms with E-state index >= 15 is 0 Å². The number of hydrogen-bond acceptors (Lipinski definition) is 2. The Labute approximate surface area is 96.0 Å². The molecule has 1 aromatic heterocycles. The molecule has 3 heteroatoms. The van der Waals surface area contributed by atoms with Crippen LogP contribution in [0, 0.1) is 0 Å². The van der Waals surface area contributed by atoms with Crippen LogP contribution >= 0.6 is 15.9 Å². The molecular weight excluding hydrogens is 254 g/mol. The minimum atomic E-state index is 0.604. The fraction of sp³-hybridized carbons (Fsp3) is 0.0833. The number of fused-ring (bicyclic) bond motifs is 3. The van der Waals surface area contributed by atoms with E-state index in [1.807, 2.05) is 36.5 Å². The summed E-state index contributed by atoms with van der Waals surface area (Å²) in [5.74, 6) is 0.899. The van der Waals surface area contributed by atoms with E-state index in [4.69, 9.17) is 4.74 Å². The van der Waals surface area contributed by atoms with Crippen molar-refractivity contribution in [1.29, 1.82) is 0 Å². The highest BCUT2D eigenvalue weighted by Crippen LogP contribution is 2.37. The maximum absolute atomic E-state index is 5.66. The summed E-state index contributed by atoms with van der Waals surface area (Å²) in [7, 11) is 0. The van der Waals surface area contributed by atoms with Gasteiger partial charge in [0.1, 0.15) is 12.4 Å². The number of halogens is 1. The van der Waals surface area contributed by atoms with Crippen molar-refractivity contribution in [3.8, 4) is 17.0 Å². The molecule has 1 aromatic carbocycles. The van der Waals surface area contributed by atoms with Gasteiger partial charge in [0.2, 0.25) is 0 Å². The summed E-state index contributed by atoms with van der Waals surface area (Å²) in [5, 5.41) is 0. The van der Waals surface area contributed by atoms with Gasteiger partial charge in [-0.2, -0.15) is 0 Å². The van der Waals surface area contributed by atoms with Gasteiger partial charge in [-0.05, 0) is 24.3 Å². The Bertz CT molecular complexity index is 525. The average molecular weight is 262 g/mol. The molecule has 0 amide bonds. The number of nitrogens with zero attached hydrogens (tertiary/aromatic N) is 1. The second-order valence-corrected chi connectivity index (χ2v) is 4.36. The van der Waals surface area contributed by atoms with Crippen LogP contribution in [0.15, 0.2) is 41.0 Å². The standard InChI is InChI=1S/C12H8BrNO/c13-9-3-4-10-11(6-9)15-7-8-2-1-5-14-12(8)10/h1-6H,7H2. The smallest absolute Gasteiger partial charge is 0.130 e. The maximum atomic E-state index is 5.66. The molecule has 2 aromatic rings. The number of benzene rings is 1. The lowest BCUT2D eigenvalue weighted by atomic mass is 10.0. The normalized spacial score (nSPS) is 12.6. The zero-order valence-corrected chi connectivity index (χ0v) is 9.49. The quantitative estimate of drug-likeness (QED) is 0.725. The summed E-state index contributed by atoms with van der Waals surface area (Å²) in [6.07, 6.45) is 1.82. The summed E-state index contributed by atoms with van der Waals surface area (Å²) in [5.41, 5.74) is 3.25. The van der Waals surface area contributed by atoms with Crippen molar-refractivity contribution < 1.29 is 4.74 Å². The maximum Gasteiger partial charge on any atom is 0.130 e. The van der Waals surface area contributed by atoms with Crippen molar-refractivity contribution in [2.24, 2.45) is 0 Å². The zero-order valence-electron chi connectivity index (χ0n) is 7.90. The molecule has 0 saturated carbocycles. The fourth-order valence-electron chi connectivity index (χ4n) is 1.76. The molecule has 3 rings (SSSR count). The van der Waals surface area contributed by atoms with E-state index in [9.17, 15) is 0 Å². The molecule has 0 bridgehead atoms. The number of aromatic nitrogens is 1. The molecule has 2 heterocycles. The highest BCUT2D eigenvalue weighted by atomic mass is 79.9. The first-order chi connectivity index (χ1) is 7.34. The number of rotatable bonds is 0. The Kier molecular flexibility index (Phi) is 1.99. The van der Waals surface area contributed by atoms with Crippen LogP contribution in [0.2, 0.25) is 0 Å². The van der Waals surface area contributed by atoms with Crippen LogP contribution < -0.4 is 4.74 Å². The van der Waals surface area contributed by atoms with E-state index in [0.717, 1.165) is 27.0 Å². The first-order valence-corrected chi connectivity index (χ1v) is 5.50. The van der Waals surface area contributed by atoms with E-state index in [2.05, 4.69) is 20.9 Å². The molecule has 15 heavy (non-hydrogen) atoms. The Morgan fingerprint density at radius 2 is 2.20 bits per heavy atom. The molecule has 2 nitrogen and oxygen atoms in total. The summed E-state index contributed by atoms with van der Waals surface area (Å²) < 4.78 is 6.69. The molecular formula is C12H8BrNO. The van der Waals surface area contributed by atoms with Gasteiger partial charge in [-0.15, -0.1) is 0 Å². The zero-order chi connectivity index (χ0) is 10.3. The molecule has 0 aliphatic carbocycles. The molecule has 0 saturated heterocycles. The van der Waals surface area contributed by atoms with Gasteiger partial charge in [0.15, 0.2) is 0 Å². The minimum absolute atomic E-state index is 0.604. The monoisotopic (exact) mass is 261 g/mol. The van der Waals surface area contributed by atoms with E-state index in [1.165, 1.54) is 0 Å². The van der Waals surface area contributed by atoms with Crippen LogP contribution in [-0.2, 0) is 6.61 Å². The van der Waals surface area contributed by atoms with E-state index < -0.39 is 0 Å². The molecule has 1 aliphatic rings. The van der Waals surface area contributed by atoms with Gasteiger partial charge in [-0.25, -0.2) is 0 Å². The highest BCUT2D eigenvalue weighted by molar-refractivity contribution is 9.10. The van der Waals surface area contributed by atoms with Crippen LogP contribution in [-0.4, -0.2) is 4.98 Å². The summed E-state index contributed by atoms with van der Waals surface area (Å²) >= 11 is 3.43. The van der Waals surface area contributed by atoms with Gasteiger partial charge in [-0.1, -0.05) is 22.0 Å². The van der Waals surface area contributed by atoms with Gasteiger partial charge in [0.05, 0.1) is 5.69 Å². The largest absolute Gasteiger partial charge is 0.488 e. The lowest BCUT2D eigenvalue weighted by Gasteiger charge is -2.19. The molecule has 0 unspecified atom stereocenters. The third kappa shape index (κ3) is 1.43. The van der Waals surface area contributed by atoms with Crippen LogP contribution in [0.5, 0.6) is 5.75 Å². The topological polar surface area (TPSA) is 22.1 Å². The SMILES string of the molecule is Brc1ccc2c(c1)OCc1cccnc1-2. The Morgan fingerprint density at radius 1 is 1.27 bits per heavy atom. The van der Waals surface area contributed by atoms with E-state index in [-0.39, 0.29) is 0 Å². The van der Waals surface area contributed by atoms with Gasteiger partial charge in [-0.3, -0.25) is 4.98 Å². The number of hydrogen-bond donors (Lipinski definition) is 0. The molecule has 0 N–H and O–H groups in total. The van der Waals surface area contributed by atoms with Gasteiger partial charge in [0.25, 0.3) is 0 Å². The van der Waals surface area contributed by atoms with Crippen LogP contribution in [0.25, 0.3) is 11.3 Å². The first-order valence-electron chi connectivity index (χ1n) is 4.71. The second-order valence-electron chi connectivity index (χ2n) is 3.44. The molecule has 74 valence electrons. The minimum Gasteiger partial charge on any atom is -0.488 e. The Balaban J connectivity index is 2.26. The van der Waals surface area contributed by atoms with Crippen molar-refractivity contribution in [3.63, 3.8) is 0 Å². The van der Waals surface area contributed by atoms with Crippen molar-refractivity contribution >= 4 is 15.9 Å². The second kappa shape index (κ2) is 3.35. The summed E-state index contributed by atoms with van der Waals surface area (Å²) in [4.78, 5) is 4.39. The van der Waals surface area contributed by atoms with Gasteiger partial charge in [0, 0.05) is 21.8 Å². The fourth-order valence-corrected chi connectivity index (χ4v) is 2.10. The lowest BCUT2D eigenvalue weighted by Crippen LogP contribution is -2.06. The molecule has 1 aliphatic heterocycles. The predicted molar refractivity (Wildman–Crippen MR) is 61.7 cm³/mol. The van der Waals surface area contributed by atoms with Crippen LogP contribution in [0.1, 0.15) is 5.56 Å². The molecule has 0 fully saturated rings. The van der Waals surface area contributed by atoms with E-state index in [0.29, 0.717) is 6.61 Å². The van der Waals surface area contributed by atoms with Crippen LogP contribution in [0.4, 0.5) is 0 Å². The van der Waals surface area contributed by atoms with E-state index in [1.54, 1.807) is 0 Å². The summed E-state index contributed by atoms with van der Waals surface area (Å²) in [6, 6.07) is 10.0. The third-order valence-electron chi connectivity index (χ3n) is 2.47.